The van der Waals surface area contributed by atoms with E-state index in [0.29, 0.717) is 18.1 Å². The first kappa shape index (κ1) is 16.6. The molecule has 0 radical (unpaired) electrons. The lowest BCUT2D eigenvalue weighted by Crippen LogP contribution is -2.04. The van der Waals surface area contributed by atoms with E-state index in [0.717, 1.165) is 11.6 Å². The molecular formula is C19H13F2NO3. The number of pyridine rings is 1. The predicted octanol–water partition coefficient (Wildman–Crippen LogP) is 4.30. The van der Waals surface area contributed by atoms with Gasteiger partial charge in [0.1, 0.15) is 6.61 Å². The fourth-order valence-corrected chi connectivity index (χ4v) is 2.29. The molecule has 0 bridgehead atoms. The van der Waals surface area contributed by atoms with Gasteiger partial charge in [-0.3, -0.25) is 0 Å². The minimum absolute atomic E-state index is 0.0652. The molecule has 2 aromatic carbocycles. The van der Waals surface area contributed by atoms with Crippen molar-refractivity contribution in [3.8, 4) is 17.0 Å². The van der Waals surface area contributed by atoms with Gasteiger partial charge in [-0.2, -0.15) is 0 Å². The highest BCUT2D eigenvalue weighted by molar-refractivity contribution is 5.88. The lowest BCUT2D eigenvalue weighted by atomic mass is 10.0. The van der Waals surface area contributed by atoms with E-state index in [-0.39, 0.29) is 5.56 Å². The fourth-order valence-electron chi connectivity index (χ4n) is 2.29. The Morgan fingerprint density at radius 2 is 1.76 bits per heavy atom. The van der Waals surface area contributed by atoms with Crippen LogP contribution in [0.1, 0.15) is 15.9 Å². The minimum Gasteiger partial charge on any atom is -0.478 e. The van der Waals surface area contributed by atoms with E-state index >= 15 is 0 Å². The molecule has 0 unspecified atom stereocenters. The van der Waals surface area contributed by atoms with Crippen LogP contribution >= 0.6 is 0 Å². The maximum absolute atomic E-state index is 14.1. The van der Waals surface area contributed by atoms with Gasteiger partial charge in [-0.05, 0) is 17.7 Å². The number of aromatic carboxylic acids is 1. The minimum atomic E-state index is -1.52. The molecule has 0 saturated heterocycles. The summed E-state index contributed by atoms with van der Waals surface area (Å²) in [6.45, 7) is 0.337. The third kappa shape index (κ3) is 3.63. The van der Waals surface area contributed by atoms with E-state index in [1.54, 1.807) is 6.07 Å². The van der Waals surface area contributed by atoms with Crippen molar-refractivity contribution in [3.05, 3.63) is 83.6 Å². The molecule has 0 fully saturated rings. The Labute approximate surface area is 142 Å². The van der Waals surface area contributed by atoms with Crippen LogP contribution in [0.3, 0.4) is 0 Å². The Kier molecular flexibility index (Phi) is 4.70. The van der Waals surface area contributed by atoms with Crippen LogP contribution in [0.25, 0.3) is 11.1 Å². The van der Waals surface area contributed by atoms with Crippen molar-refractivity contribution in [3.63, 3.8) is 0 Å². The molecule has 0 saturated carbocycles. The average Bonchev–Trinajstić information content (AvgIpc) is 2.63. The van der Waals surface area contributed by atoms with Crippen molar-refractivity contribution >= 4 is 5.97 Å². The van der Waals surface area contributed by atoms with E-state index < -0.39 is 23.2 Å². The molecular weight excluding hydrogens is 328 g/mol. The second-order valence-electron chi connectivity index (χ2n) is 5.25. The maximum Gasteiger partial charge on any atom is 0.338 e. The molecule has 1 N–H and O–H groups in total. The van der Waals surface area contributed by atoms with E-state index in [4.69, 9.17) is 9.84 Å². The van der Waals surface area contributed by atoms with E-state index in [1.807, 2.05) is 30.3 Å². The number of aromatic nitrogens is 1. The number of carboxylic acid groups (broad SMARTS) is 1. The predicted molar refractivity (Wildman–Crippen MR) is 87.3 cm³/mol. The number of nitrogens with zero attached hydrogens (tertiary/aromatic N) is 1. The van der Waals surface area contributed by atoms with Crippen molar-refractivity contribution < 1.29 is 23.4 Å². The molecule has 0 amide bonds. The highest BCUT2D eigenvalue weighted by Crippen LogP contribution is 2.27. The SMILES string of the molecule is O=C(O)c1ccc(-c2ccc(OCc3ccccc3)nc2)c(F)c1F. The molecule has 126 valence electrons. The van der Waals surface area contributed by atoms with Crippen LogP contribution in [0, 0.1) is 11.6 Å². The summed E-state index contributed by atoms with van der Waals surface area (Å²) in [7, 11) is 0. The number of hydrogen-bond donors (Lipinski definition) is 1. The first-order chi connectivity index (χ1) is 12.1. The molecule has 6 heteroatoms. The summed E-state index contributed by atoms with van der Waals surface area (Å²) in [6.07, 6.45) is 1.35. The number of ether oxygens (including phenoxy) is 1. The van der Waals surface area contributed by atoms with Crippen LogP contribution < -0.4 is 4.74 Å². The molecule has 0 aliphatic carbocycles. The zero-order valence-electron chi connectivity index (χ0n) is 12.9. The standard InChI is InChI=1S/C19H13F2NO3/c20-17-14(7-8-15(18(17)21)19(23)24)13-6-9-16(22-10-13)25-11-12-4-2-1-3-5-12/h1-10H,11H2,(H,23,24). The first-order valence-corrected chi connectivity index (χ1v) is 7.40. The van der Waals surface area contributed by atoms with Crippen LogP contribution in [0.4, 0.5) is 8.78 Å². The van der Waals surface area contributed by atoms with E-state index in [1.165, 1.54) is 18.3 Å². The number of benzene rings is 2. The third-order valence-corrected chi connectivity index (χ3v) is 3.59. The molecule has 0 spiro atoms. The summed E-state index contributed by atoms with van der Waals surface area (Å²) in [5, 5.41) is 8.81. The molecule has 1 heterocycles. The van der Waals surface area contributed by atoms with Gasteiger partial charge < -0.3 is 9.84 Å². The van der Waals surface area contributed by atoms with Crippen molar-refractivity contribution in [2.45, 2.75) is 6.61 Å². The molecule has 3 aromatic rings. The zero-order valence-corrected chi connectivity index (χ0v) is 12.9. The van der Waals surface area contributed by atoms with Gasteiger partial charge in [-0.25, -0.2) is 18.6 Å². The summed E-state index contributed by atoms with van der Waals surface area (Å²) in [5.74, 6) is -3.80. The third-order valence-electron chi connectivity index (χ3n) is 3.59. The normalized spacial score (nSPS) is 10.5. The van der Waals surface area contributed by atoms with E-state index in [9.17, 15) is 13.6 Å². The Bertz CT molecular complexity index is 897. The van der Waals surface area contributed by atoms with Crippen LogP contribution in [0.5, 0.6) is 5.88 Å². The Morgan fingerprint density at radius 3 is 2.40 bits per heavy atom. The number of carbonyl (C=O) groups is 1. The summed E-state index contributed by atoms with van der Waals surface area (Å²) >= 11 is 0. The lowest BCUT2D eigenvalue weighted by molar-refractivity contribution is 0.0690. The second-order valence-corrected chi connectivity index (χ2v) is 5.25. The number of hydrogen-bond acceptors (Lipinski definition) is 3. The second kappa shape index (κ2) is 7.09. The highest BCUT2D eigenvalue weighted by Gasteiger charge is 2.18. The summed E-state index contributed by atoms with van der Waals surface area (Å²) < 4.78 is 33.4. The van der Waals surface area contributed by atoms with Crippen molar-refractivity contribution in [2.24, 2.45) is 0 Å². The molecule has 3 rings (SSSR count). The Morgan fingerprint density at radius 1 is 1.00 bits per heavy atom. The van der Waals surface area contributed by atoms with Gasteiger partial charge in [0.05, 0.1) is 5.56 Å². The lowest BCUT2D eigenvalue weighted by Gasteiger charge is -2.08. The molecule has 1 aromatic heterocycles. The quantitative estimate of drug-likeness (QED) is 0.751. The molecule has 0 atom stereocenters. The fraction of sp³-hybridized carbons (Fsp3) is 0.0526. The van der Waals surface area contributed by atoms with Crippen LogP contribution in [-0.4, -0.2) is 16.1 Å². The molecule has 25 heavy (non-hydrogen) atoms. The maximum atomic E-state index is 14.1. The van der Waals surface area contributed by atoms with Gasteiger partial charge in [0, 0.05) is 23.4 Å². The molecule has 0 aliphatic rings. The average molecular weight is 341 g/mol. The first-order valence-electron chi connectivity index (χ1n) is 7.40. The van der Waals surface area contributed by atoms with Gasteiger partial charge >= 0.3 is 5.97 Å². The summed E-state index contributed by atoms with van der Waals surface area (Å²) in [6, 6.07) is 14.8. The van der Waals surface area contributed by atoms with E-state index in [2.05, 4.69) is 4.98 Å². The Hall–Kier alpha value is -3.28. The van der Waals surface area contributed by atoms with Crippen LogP contribution in [0.2, 0.25) is 0 Å². The monoisotopic (exact) mass is 341 g/mol. The van der Waals surface area contributed by atoms with Crippen molar-refractivity contribution in [1.82, 2.24) is 4.98 Å². The topological polar surface area (TPSA) is 59.4 Å². The smallest absolute Gasteiger partial charge is 0.338 e. The van der Waals surface area contributed by atoms with Gasteiger partial charge in [0.15, 0.2) is 11.6 Å². The van der Waals surface area contributed by atoms with Crippen LogP contribution in [0.15, 0.2) is 60.8 Å². The van der Waals surface area contributed by atoms with Gasteiger partial charge in [0.25, 0.3) is 0 Å². The molecule has 4 nitrogen and oxygen atoms in total. The van der Waals surface area contributed by atoms with Gasteiger partial charge in [-0.1, -0.05) is 36.4 Å². The number of halogens is 2. The molecule has 0 aliphatic heterocycles. The van der Waals surface area contributed by atoms with Gasteiger partial charge in [-0.15, -0.1) is 0 Å². The summed E-state index contributed by atoms with van der Waals surface area (Å²) in [5.41, 5.74) is 0.521. The number of rotatable bonds is 5. The van der Waals surface area contributed by atoms with Crippen molar-refractivity contribution in [2.75, 3.05) is 0 Å². The summed E-state index contributed by atoms with van der Waals surface area (Å²) in [4.78, 5) is 14.9. The van der Waals surface area contributed by atoms with Crippen molar-refractivity contribution in [1.29, 1.82) is 0 Å². The zero-order chi connectivity index (χ0) is 17.8. The number of carboxylic acids is 1. The van der Waals surface area contributed by atoms with Crippen LogP contribution in [-0.2, 0) is 6.61 Å². The van der Waals surface area contributed by atoms with Gasteiger partial charge in [0.2, 0.25) is 5.88 Å². The highest BCUT2D eigenvalue weighted by atomic mass is 19.2. The largest absolute Gasteiger partial charge is 0.478 e. The Balaban J connectivity index is 1.78.